The SMILES string of the molecule is CN=C(NCc1ccc(COCc2ccccc2)cc1)N1CCC(N2CCOCC2)C1. The van der Waals surface area contributed by atoms with Crippen LogP contribution >= 0.6 is 0 Å². The molecule has 2 saturated heterocycles. The van der Waals surface area contributed by atoms with E-state index in [1.807, 2.05) is 25.2 Å². The first-order valence-corrected chi connectivity index (χ1v) is 11.3. The largest absolute Gasteiger partial charge is 0.379 e. The minimum atomic E-state index is 0.609. The Hall–Kier alpha value is -2.41. The monoisotopic (exact) mass is 422 g/mol. The first kappa shape index (κ1) is 21.8. The Labute approximate surface area is 185 Å². The summed E-state index contributed by atoms with van der Waals surface area (Å²) in [5.74, 6) is 0.992. The van der Waals surface area contributed by atoms with Crippen molar-refractivity contribution in [2.75, 3.05) is 46.4 Å². The van der Waals surface area contributed by atoms with E-state index in [-0.39, 0.29) is 0 Å². The summed E-state index contributed by atoms with van der Waals surface area (Å²) in [6.07, 6.45) is 1.19. The van der Waals surface area contributed by atoms with Crippen molar-refractivity contribution in [3.63, 3.8) is 0 Å². The van der Waals surface area contributed by atoms with Gasteiger partial charge >= 0.3 is 0 Å². The lowest BCUT2D eigenvalue weighted by molar-refractivity contribution is 0.0195. The summed E-state index contributed by atoms with van der Waals surface area (Å²) in [7, 11) is 1.87. The van der Waals surface area contributed by atoms with Gasteiger partial charge in [-0.3, -0.25) is 9.89 Å². The van der Waals surface area contributed by atoms with Gasteiger partial charge in [0.1, 0.15) is 0 Å². The molecule has 4 rings (SSSR count). The van der Waals surface area contributed by atoms with Gasteiger partial charge in [-0.05, 0) is 23.1 Å². The van der Waals surface area contributed by atoms with Gasteiger partial charge in [0.25, 0.3) is 0 Å². The van der Waals surface area contributed by atoms with E-state index in [2.05, 4.69) is 56.5 Å². The zero-order valence-electron chi connectivity index (χ0n) is 18.5. The van der Waals surface area contributed by atoms with E-state index in [1.165, 1.54) is 23.1 Å². The molecule has 166 valence electrons. The van der Waals surface area contributed by atoms with Crippen molar-refractivity contribution in [3.8, 4) is 0 Å². The molecule has 2 aromatic rings. The van der Waals surface area contributed by atoms with E-state index in [0.29, 0.717) is 19.3 Å². The number of nitrogens with zero attached hydrogens (tertiary/aromatic N) is 3. The van der Waals surface area contributed by atoms with E-state index in [1.54, 1.807) is 0 Å². The highest BCUT2D eigenvalue weighted by atomic mass is 16.5. The Bertz CT molecular complexity index is 819. The number of hydrogen-bond donors (Lipinski definition) is 1. The average molecular weight is 423 g/mol. The smallest absolute Gasteiger partial charge is 0.193 e. The van der Waals surface area contributed by atoms with Crippen LogP contribution in [0, 0.1) is 0 Å². The predicted molar refractivity (Wildman–Crippen MR) is 124 cm³/mol. The van der Waals surface area contributed by atoms with Crippen LogP contribution in [0.2, 0.25) is 0 Å². The van der Waals surface area contributed by atoms with Crippen LogP contribution in [0.1, 0.15) is 23.1 Å². The third kappa shape index (κ3) is 6.29. The summed E-state index contributed by atoms with van der Waals surface area (Å²) in [6, 6.07) is 19.5. The lowest BCUT2D eigenvalue weighted by Crippen LogP contribution is -2.46. The van der Waals surface area contributed by atoms with Crippen molar-refractivity contribution in [1.29, 1.82) is 0 Å². The molecule has 6 nitrogen and oxygen atoms in total. The zero-order valence-corrected chi connectivity index (χ0v) is 18.5. The van der Waals surface area contributed by atoms with Gasteiger partial charge in [0, 0.05) is 45.8 Å². The molecule has 1 unspecified atom stereocenters. The molecule has 2 aromatic carbocycles. The molecule has 1 N–H and O–H groups in total. The Kier molecular flexibility index (Phi) is 7.93. The molecule has 2 heterocycles. The number of guanidine groups is 1. The Morgan fingerprint density at radius 2 is 1.65 bits per heavy atom. The number of morpholine rings is 1. The number of benzene rings is 2. The Morgan fingerprint density at radius 1 is 0.968 bits per heavy atom. The minimum absolute atomic E-state index is 0.609. The fraction of sp³-hybridized carbons (Fsp3) is 0.480. The van der Waals surface area contributed by atoms with Gasteiger partial charge in [-0.2, -0.15) is 0 Å². The summed E-state index contributed by atoms with van der Waals surface area (Å²) in [5, 5.41) is 3.54. The van der Waals surface area contributed by atoms with E-state index >= 15 is 0 Å². The molecule has 0 spiro atoms. The van der Waals surface area contributed by atoms with E-state index in [9.17, 15) is 0 Å². The number of aliphatic imine (C=N–C) groups is 1. The molecule has 31 heavy (non-hydrogen) atoms. The Balaban J connectivity index is 1.21. The van der Waals surface area contributed by atoms with E-state index < -0.39 is 0 Å². The van der Waals surface area contributed by atoms with Gasteiger partial charge in [-0.25, -0.2) is 0 Å². The normalized spacial score (nSPS) is 20.2. The molecule has 0 bridgehead atoms. The van der Waals surface area contributed by atoms with Crippen LogP contribution < -0.4 is 5.32 Å². The molecular weight excluding hydrogens is 388 g/mol. The number of likely N-dealkylation sites (tertiary alicyclic amines) is 1. The fourth-order valence-electron chi connectivity index (χ4n) is 4.30. The van der Waals surface area contributed by atoms with Crippen molar-refractivity contribution < 1.29 is 9.47 Å². The highest BCUT2D eigenvalue weighted by Gasteiger charge is 2.30. The molecule has 0 aliphatic carbocycles. The van der Waals surface area contributed by atoms with Crippen LogP contribution in [0.4, 0.5) is 0 Å². The van der Waals surface area contributed by atoms with Crippen molar-refractivity contribution in [2.24, 2.45) is 4.99 Å². The molecule has 2 aliphatic rings. The van der Waals surface area contributed by atoms with Gasteiger partial charge in [0.15, 0.2) is 5.96 Å². The maximum atomic E-state index is 5.84. The second-order valence-electron chi connectivity index (χ2n) is 8.23. The van der Waals surface area contributed by atoms with E-state index in [0.717, 1.165) is 51.9 Å². The summed E-state index contributed by atoms with van der Waals surface area (Å²) >= 11 is 0. The van der Waals surface area contributed by atoms with Crippen LogP contribution in [0.25, 0.3) is 0 Å². The third-order valence-corrected chi connectivity index (χ3v) is 6.09. The first-order chi connectivity index (χ1) is 15.3. The highest BCUT2D eigenvalue weighted by Crippen LogP contribution is 2.17. The van der Waals surface area contributed by atoms with Crippen molar-refractivity contribution in [1.82, 2.24) is 15.1 Å². The maximum absolute atomic E-state index is 5.84. The molecule has 0 amide bonds. The van der Waals surface area contributed by atoms with Gasteiger partial charge in [-0.1, -0.05) is 54.6 Å². The molecular formula is C25H34N4O2. The van der Waals surface area contributed by atoms with Crippen LogP contribution in [0.5, 0.6) is 0 Å². The second kappa shape index (κ2) is 11.3. The van der Waals surface area contributed by atoms with Crippen molar-refractivity contribution in [3.05, 3.63) is 71.3 Å². The summed E-state index contributed by atoms with van der Waals surface area (Å²) < 4.78 is 11.3. The standard InChI is InChI=1S/C25H34N4O2/c1-26-25(29-12-11-24(18-29)28-13-15-30-16-14-28)27-17-21-7-9-23(10-8-21)20-31-19-22-5-3-2-4-6-22/h2-10,24H,11-20H2,1H3,(H,26,27). The summed E-state index contributed by atoms with van der Waals surface area (Å²) in [4.78, 5) is 9.47. The molecule has 6 heteroatoms. The number of hydrogen-bond acceptors (Lipinski definition) is 4. The van der Waals surface area contributed by atoms with E-state index in [4.69, 9.17) is 9.47 Å². The average Bonchev–Trinajstić information content (AvgIpc) is 3.32. The third-order valence-electron chi connectivity index (χ3n) is 6.09. The molecule has 0 saturated carbocycles. The molecule has 0 aromatic heterocycles. The summed E-state index contributed by atoms with van der Waals surface area (Å²) in [6.45, 7) is 7.95. The van der Waals surface area contributed by atoms with Gasteiger partial charge in [-0.15, -0.1) is 0 Å². The van der Waals surface area contributed by atoms with Crippen molar-refractivity contribution in [2.45, 2.75) is 32.2 Å². The van der Waals surface area contributed by atoms with Crippen LogP contribution in [0.15, 0.2) is 59.6 Å². The lowest BCUT2D eigenvalue weighted by Gasteiger charge is -2.32. The lowest BCUT2D eigenvalue weighted by atomic mass is 10.1. The van der Waals surface area contributed by atoms with Gasteiger partial charge in [0.05, 0.1) is 26.4 Å². The number of ether oxygens (including phenoxy) is 2. The number of nitrogens with one attached hydrogen (secondary N) is 1. The number of rotatable bonds is 7. The Morgan fingerprint density at radius 3 is 2.35 bits per heavy atom. The van der Waals surface area contributed by atoms with Crippen LogP contribution in [0.3, 0.4) is 0 Å². The van der Waals surface area contributed by atoms with Crippen LogP contribution in [-0.2, 0) is 29.2 Å². The maximum Gasteiger partial charge on any atom is 0.193 e. The highest BCUT2D eigenvalue weighted by molar-refractivity contribution is 5.80. The van der Waals surface area contributed by atoms with Gasteiger partial charge < -0.3 is 19.7 Å². The topological polar surface area (TPSA) is 49.3 Å². The van der Waals surface area contributed by atoms with Crippen molar-refractivity contribution >= 4 is 5.96 Å². The molecule has 2 fully saturated rings. The summed E-state index contributed by atoms with van der Waals surface area (Å²) in [5.41, 5.74) is 3.64. The molecule has 0 radical (unpaired) electrons. The zero-order chi connectivity index (χ0) is 21.3. The first-order valence-electron chi connectivity index (χ1n) is 11.3. The minimum Gasteiger partial charge on any atom is -0.379 e. The second-order valence-corrected chi connectivity index (χ2v) is 8.23. The predicted octanol–water partition coefficient (Wildman–Crippen LogP) is 2.89. The van der Waals surface area contributed by atoms with Crippen LogP contribution in [-0.4, -0.2) is 68.2 Å². The molecule has 1 atom stereocenters. The quantitative estimate of drug-likeness (QED) is 0.549. The molecule has 2 aliphatic heterocycles. The van der Waals surface area contributed by atoms with Gasteiger partial charge in [0.2, 0.25) is 0 Å². The fourth-order valence-corrected chi connectivity index (χ4v) is 4.30.